The molecule has 0 aromatic carbocycles. The minimum absolute atomic E-state index is 0.0496. The maximum Gasteiger partial charge on any atom is 0.185 e. The number of Topliss-reactive ketones (excluding diaryl/α,β-unsaturated/α-hetero) is 2. The van der Waals surface area contributed by atoms with E-state index in [1.165, 1.54) is 32.1 Å². The van der Waals surface area contributed by atoms with Gasteiger partial charge in [0.2, 0.25) is 0 Å². The van der Waals surface area contributed by atoms with E-state index in [0.717, 1.165) is 37.9 Å². The van der Waals surface area contributed by atoms with Crippen molar-refractivity contribution in [2.24, 2.45) is 0 Å². The summed E-state index contributed by atoms with van der Waals surface area (Å²) in [6, 6.07) is 0. The smallest absolute Gasteiger partial charge is 0.185 e. The Morgan fingerprint density at radius 2 is 1.16 bits per heavy atom. The number of allylic oxidation sites excluding steroid dienone is 4. The van der Waals surface area contributed by atoms with Gasteiger partial charge in [0, 0.05) is 28.9 Å². The number of carbonyl (C=O) groups is 2. The third-order valence-corrected chi connectivity index (χ3v) is 5.08. The molecule has 0 saturated carbocycles. The molecule has 0 aromatic rings. The van der Waals surface area contributed by atoms with E-state index in [4.69, 9.17) is 4.74 Å². The molecule has 0 unspecified atom stereocenters. The van der Waals surface area contributed by atoms with Crippen molar-refractivity contribution in [2.45, 2.75) is 98.5 Å². The largest absolute Gasteiger partial charge is 0.379 e. The van der Waals surface area contributed by atoms with Crippen molar-refractivity contribution < 1.29 is 14.3 Å². The van der Waals surface area contributed by atoms with E-state index < -0.39 is 0 Å². The molecule has 1 aliphatic carbocycles. The first-order valence-corrected chi connectivity index (χ1v) is 9.94. The summed E-state index contributed by atoms with van der Waals surface area (Å²) in [5.74, 6) is 0.131. The van der Waals surface area contributed by atoms with E-state index in [9.17, 15) is 9.59 Å². The van der Waals surface area contributed by atoms with Gasteiger partial charge in [0.05, 0.1) is 6.10 Å². The number of hydrogen-bond acceptors (Lipinski definition) is 3. The molecule has 0 radical (unpaired) electrons. The fraction of sp³-hybridized carbons (Fsp3) is 0.727. The molecule has 0 aliphatic heterocycles. The van der Waals surface area contributed by atoms with E-state index in [0.29, 0.717) is 22.8 Å². The van der Waals surface area contributed by atoms with Gasteiger partial charge >= 0.3 is 0 Å². The van der Waals surface area contributed by atoms with Crippen molar-refractivity contribution in [3.8, 4) is 0 Å². The van der Waals surface area contributed by atoms with Gasteiger partial charge in [0.1, 0.15) is 0 Å². The summed E-state index contributed by atoms with van der Waals surface area (Å²) in [6.07, 6.45) is 10.7. The van der Waals surface area contributed by atoms with Gasteiger partial charge in [-0.05, 0) is 53.9 Å². The Kier molecular flexibility index (Phi) is 9.96. The maximum atomic E-state index is 12.3. The quantitative estimate of drug-likeness (QED) is 0.334. The average molecular weight is 349 g/mol. The normalized spacial score (nSPS) is 15.8. The summed E-state index contributed by atoms with van der Waals surface area (Å²) in [5.41, 5.74) is 2.66. The fourth-order valence-electron chi connectivity index (χ4n) is 3.24. The first-order valence-electron chi connectivity index (χ1n) is 9.94. The lowest BCUT2D eigenvalue weighted by Gasteiger charge is -2.18. The minimum Gasteiger partial charge on any atom is -0.379 e. The van der Waals surface area contributed by atoms with Crippen molar-refractivity contribution in [1.29, 1.82) is 0 Å². The molecule has 3 nitrogen and oxygen atoms in total. The van der Waals surface area contributed by atoms with E-state index in [2.05, 4.69) is 13.8 Å². The molecule has 1 aliphatic rings. The van der Waals surface area contributed by atoms with Crippen LogP contribution in [0.15, 0.2) is 22.3 Å². The van der Waals surface area contributed by atoms with E-state index in [-0.39, 0.29) is 11.6 Å². The highest BCUT2D eigenvalue weighted by Gasteiger charge is 2.26. The number of rotatable bonds is 12. The molecular weight excluding hydrogens is 312 g/mol. The van der Waals surface area contributed by atoms with Crippen molar-refractivity contribution in [1.82, 2.24) is 0 Å². The molecule has 142 valence electrons. The number of ether oxygens (including phenoxy) is 1. The first kappa shape index (κ1) is 21.8. The highest BCUT2D eigenvalue weighted by atomic mass is 16.5. The van der Waals surface area contributed by atoms with Crippen LogP contribution in [0.2, 0.25) is 0 Å². The number of unbranched alkanes of at least 4 members (excludes halogenated alkanes) is 7. The lowest BCUT2D eigenvalue weighted by Crippen LogP contribution is -2.20. The second-order valence-electron chi connectivity index (χ2n) is 7.51. The van der Waals surface area contributed by atoms with Gasteiger partial charge in [-0.1, -0.05) is 38.5 Å². The second kappa shape index (κ2) is 11.4. The fourth-order valence-corrected chi connectivity index (χ4v) is 3.24. The molecule has 0 amide bonds. The third-order valence-electron chi connectivity index (χ3n) is 5.08. The van der Waals surface area contributed by atoms with Crippen LogP contribution in [-0.4, -0.2) is 24.3 Å². The van der Waals surface area contributed by atoms with Crippen LogP contribution in [0.5, 0.6) is 0 Å². The highest BCUT2D eigenvalue weighted by Crippen LogP contribution is 2.27. The van der Waals surface area contributed by atoms with Crippen LogP contribution in [-0.2, 0) is 14.3 Å². The Labute approximate surface area is 153 Å². The third kappa shape index (κ3) is 7.27. The molecule has 1 rings (SSSR count). The van der Waals surface area contributed by atoms with Gasteiger partial charge in [-0.3, -0.25) is 9.59 Å². The first-order chi connectivity index (χ1) is 11.9. The summed E-state index contributed by atoms with van der Waals surface area (Å²) >= 11 is 0. The van der Waals surface area contributed by atoms with Crippen LogP contribution < -0.4 is 0 Å². The van der Waals surface area contributed by atoms with Crippen molar-refractivity contribution in [3.63, 3.8) is 0 Å². The molecule has 25 heavy (non-hydrogen) atoms. The van der Waals surface area contributed by atoms with Gasteiger partial charge in [0.15, 0.2) is 11.6 Å². The highest BCUT2D eigenvalue weighted by molar-refractivity contribution is 6.24. The molecule has 0 N–H and O–H groups in total. The van der Waals surface area contributed by atoms with Crippen LogP contribution in [0, 0.1) is 0 Å². The van der Waals surface area contributed by atoms with Gasteiger partial charge < -0.3 is 4.74 Å². The molecule has 0 bridgehead atoms. The lowest BCUT2D eigenvalue weighted by atomic mass is 9.84. The summed E-state index contributed by atoms with van der Waals surface area (Å²) in [6.45, 7) is 10.4. The number of carbonyl (C=O) groups excluding carboxylic acids is 2. The zero-order valence-electron chi connectivity index (χ0n) is 16.9. The zero-order chi connectivity index (χ0) is 18.8. The van der Waals surface area contributed by atoms with E-state index >= 15 is 0 Å². The number of ketones is 2. The van der Waals surface area contributed by atoms with E-state index in [1.807, 2.05) is 0 Å². The summed E-state index contributed by atoms with van der Waals surface area (Å²) in [5, 5.41) is 0. The minimum atomic E-state index is 0.0496. The molecule has 0 fully saturated rings. The van der Waals surface area contributed by atoms with Crippen LogP contribution in [0.4, 0.5) is 0 Å². The number of hydrogen-bond donors (Lipinski definition) is 0. The van der Waals surface area contributed by atoms with Gasteiger partial charge in [-0.15, -0.1) is 0 Å². The Hall–Kier alpha value is -1.22. The second-order valence-corrected chi connectivity index (χ2v) is 7.51. The molecule has 0 spiro atoms. The molecule has 0 atom stereocenters. The Morgan fingerprint density at radius 3 is 1.72 bits per heavy atom. The van der Waals surface area contributed by atoms with Crippen LogP contribution in [0.3, 0.4) is 0 Å². The monoisotopic (exact) mass is 348 g/mol. The van der Waals surface area contributed by atoms with Crippen molar-refractivity contribution in [3.05, 3.63) is 22.3 Å². The van der Waals surface area contributed by atoms with Crippen LogP contribution >= 0.6 is 0 Å². The maximum absolute atomic E-state index is 12.3. The molecule has 0 heterocycles. The summed E-state index contributed by atoms with van der Waals surface area (Å²) < 4.78 is 5.54. The lowest BCUT2D eigenvalue weighted by molar-refractivity contribution is -0.116. The predicted octanol–water partition coefficient (Wildman–Crippen LogP) is 5.73. The SMILES string of the molecule is CC1=C(C)C(=O)C(CCCCCCCCCCOC(C)C)=C(C)C1=O. The summed E-state index contributed by atoms with van der Waals surface area (Å²) in [7, 11) is 0. The summed E-state index contributed by atoms with van der Waals surface area (Å²) in [4.78, 5) is 24.5. The molecule has 0 saturated heterocycles. The molecular formula is C22H36O3. The average Bonchev–Trinajstić information content (AvgIpc) is 2.58. The topological polar surface area (TPSA) is 43.4 Å². The van der Waals surface area contributed by atoms with Crippen molar-refractivity contribution in [2.75, 3.05) is 6.61 Å². The van der Waals surface area contributed by atoms with Gasteiger partial charge in [0.25, 0.3) is 0 Å². The van der Waals surface area contributed by atoms with Crippen molar-refractivity contribution >= 4 is 11.6 Å². The molecule has 0 aromatic heterocycles. The zero-order valence-corrected chi connectivity index (χ0v) is 16.9. The Balaban J connectivity index is 2.12. The standard InChI is InChI=1S/C22H36O3/c1-16(2)25-15-13-11-9-7-6-8-10-12-14-20-19(5)21(23)17(3)18(4)22(20)24/h16H,6-15H2,1-5H3. The van der Waals surface area contributed by atoms with Gasteiger partial charge in [-0.2, -0.15) is 0 Å². The Morgan fingerprint density at radius 1 is 0.680 bits per heavy atom. The van der Waals surface area contributed by atoms with Crippen LogP contribution in [0.1, 0.15) is 92.4 Å². The van der Waals surface area contributed by atoms with Gasteiger partial charge in [-0.25, -0.2) is 0 Å². The predicted molar refractivity (Wildman–Crippen MR) is 104 cm³/mol. The molecule has 3 heteroatoms. The van der Waals surface area contributed by atoms with Crippen LogP contribution in [0.25, 0.3) is 0 Å². The van der Waals surface area contributed by atoms with E-state index in [1.54, 1.807) is 20.8 Å². The Bertz CT molecular complexity index is 523.